The first-order valence-corrected chi connectivity index (χ1v) is 11.9. The van der Waals surface area contributed by atoms with E-state index in [4.69, 9.17) is 4.74 Å². The lowest BCUT2D eigenvalue weighted by Gasteiger charge is -2.41. The Kier molecular flexibility index (Phi) is 6.90. The van der Waals surface area contributed by atoms with E-state index in [1.807, 2.05) is 24.3 Å². The number of likely N-dealkylation sites (N-methyl/N-ethyl adjacent to an activating group) is 1. The van der Waals surface area contributed by atoms with Crippen LogP contribution in [0, 0.1) is 0 Å². The van der Waals surface area contributed by atoms with Gasteiger partial charge in [-0.05, 0) is 25.8 Å². The summed E-state index contributed by atoms with van der Waals surface area (Å²) in [6, 6.07) is 9.04. The largest absolute Gasteiger partial charge is 0.496 e. The van der Waals surface area contributed by atoms with Gasteiger partial charge in [-0.2, -0.15) is 5.10 Å². The number of nitrogens with zero attached hydrogens (tertiary/aromatic N) is 3. The molecule has 182 valence electrons. The van der Waals surface area contributed by atoms with Crippen LogP contribution < -0.4 is 15.4 Å². The van der Waals surface area contributed by atoms with Crippen molar-refractivity contribution in [2.45, 2.75) is 70.1 Å². The zero-order chi connectivity index (χ0) is 24.3. The summed E-state index contributed by atoms with van der Waals surface area (Å²) in [5, 5.41) is 10.4. The van der Waals surface area contributed by atoms with E-state index < -0.39 is 11.4 Å². The fraction of sp³-hybridized carbons (Fsp3) is 0.520. The van der Waals surface area contributed by atoms with Gasteiger partial charge in [-0.1, -0.05) is 43.9 Å². The highest BCUT2D eigenvalue weighted by molar-refractivity contribution is 6.01. The minimum absolute atomic E-state index is 0.130. The molecule has 9 heteroatoms. The highest BCUT2D eigenvalue weighted by Crippen LogP contribution is 2.27. The maximum atomic E-state index is 13.3. The van der Waals surface area contributed by atoms with E-state index >= 15 is 0 Å². The van der Waals surface area contributed by atoms with Gasteiger partial charge in [-0.15, -0.1) is 0 Å². The molecule has 1 aromatic heterocycles. The minimum atomic E-state index is -1.09. The monoisotopic (exact) mass is 467 g/mol. The molecule has 2 N–H and O–H groups in total. The Morgan fingerprint density at radius 2 is 1.88 bits per heavy atom. The molecule has 1 fully saturated rings. The smallest absolute Gasteiger partial charge is 0.272 e. The maximum absolute atomic E-state index is 13.3. The van der Waals surface area contributed by atoms with Crippen LogP contribution >= 0.6 is 0 Å². The van der Waals surface area contributed by atoms with Crippen molar-refractivity contribution in [2.75, 3.05) is 14.2 Å². The number of fused-ring (bicyclic) bond motifs is 1. The third-order valence-electron chi connectivity index (χ3n) is 7.05. The summed E-state index contributed by atoms with van der Waals surface area (Å²) in [5.74, 6) is -0.230. The molecule has 1 unspecified atom stereocenters. The Balaban J connectivity index is 1.48. The van der Waals surface area contributed by atoms with Gasteiger partial charge in [0.25, 0.3) is 11.8 Å². The van der Waals surface area contributed by atoms with Crippen LogP contribution in [0.2, 0.25) is 0 Å². The molecule has 1 aromatic carbocycles. The average molecular weight is 468 g/mol. The quantitative estimate of drug-likeness (QED) is 0.635. The lowest BCUT2D eigenvalue weighted by Crippen LogP contribution is -2.63. The average Bonchev–Trinajstić information content (AvgIpc) is 3.09. The fourth-order valence-corrected chi connectivity index (χ4v) is 4.72. The van der Waals surface area contributed by atoms with Crippen LogP contribution in [0.5, 0.6) is 5.75 Å². The van der Waals surface area contributed by atoms with Crippen molar-refractivity contribution in [1.82, 2.24) is 25.3 Å². The number of para-hydroxylation sites is 1. The minimum Gasteiger partial charge on any atom is -0.496 e. The van der Waals surface area contributed by atoms with Gasteiger partial charge in [0.05, 0.1) is 13.7 Å². The number of hydrogen-bond acceptors (Lipinski definition) is 5. The van der Waals surface area contributed by atoms with Crippen molar-refractivity contribution >= 4 is 17.7 Å². The van der Waals surface area contributed by atoms with Gasteiger partial charge < -0.3 is 20.3 Å². The van der Waals surface area contributed by atoms with Gasteiger partial charge in [0.15, 0.2) is 5.69 Å². The Labute approximate surface area is 199 Å². The van der Waals surface area contributed by atoms with Crippen LogP contribution in [-0.2, 0) is 17.9 Å². The number of rotatable bonds is 6. The number of ether oxygens (including phenoxy) is 1. The van der Waals surface area contributed by atoms with E-state index in [0.29, 0.717) is 11.4 Å². The molecule has 2 aliphatic rings. The standard InChI is InChI=1S/C25H33N5O4/c1-25(24(33)27-18-11-6-4-5-7-12-18)16-30-20(23(32)29(25)2)14-19(28-30)22(31)26-15-17-10-8-9-13-21(17)34-3/h8-10,13-14,18H,4-7,11-12,15-16H2,1-3H3,(H,26,31)(H,27,33). The maximum Gasteiger partial charge on any atom is 0.272 e. The van der Waals surface area contributed by atoms with Gasteiger partial charge >= 0.3 is 0 Å². The van der Waals surface area contributed by atoms with Gasteiger partial charge in [-0.25, -0.2) is 0 Å². The van der Waals surface area contributed by atoms with Gasteiger partial charge in [0.1, 0.15) is 17.0 Å². The summed E-state index contributed by atoms with van der Waals surface area (Å²) < 4.78 is 6.80. The van der Waals surface area contributed by atoms with Gasteiger partial charge in [-0.3, -0.25) is 19.1 Å². The number of amides is 3. The van der Waals surface area contributed by atoms with Crippen molar-refractivity contribution in [3.63, 3.8) is 0 Å². The molecular formula is C25H33N5O4. The highest BCUT2D eigenvalue weighted by Gasteiger charge is 2.46. The van der Waals surface area contributed by atoms with Crippen LogP contribution in [0.1, 0.15) is 72.0 Å². The molecule has 0 saturated heterocycles. The molecule has 2 aromatic rings. The van der Waals surface area contributed by atoms with E-state index in [2.05, 4.69) is 15.7 Å². The first-order chi connectivity index (χ1) is 16.3. The molecule has 1 aliphatic carbocycles. The Morgan fingerprint density at radius 3 is 2.59 bits per heavy atom. The molecule has 4 rings (SSSR count). The third kappa shape index (κ3) is 4.64. The van der Waals surface area contributed by atoms with E-state index in [0.717, 1.165) is 31.2 Å². The lowest BCUT2D eigenvalue weighted by molar-refractivity contribution is -0.133. The molecule has 9 nitrogen and oxygen atoms in total. The second-order valence-corrected chi connectivity index (χ2v) is 9.37. The van der Waals surface area contributed by atoms with Crippen LogP contribution in [-0.4, -0.2) is 58.1 Å². The first kappa shape index (κ1) is 23.8. The van der Waals surface area contributed by atoms with Crippen LogP contribution in [0.25, 0.3) is 0 Å². The molecule has 1 saturated carbocycles. The molecule has 1 aliphatic heterocycles. The van der Waals surface area contributed by atoms with Crippen molar-refractivity contribution < 1.29 is 19.1 Å². The topological polar surface area (TPSA) is 106 Å². The molecule has 0 radical (unpaired) electrons. The van der Waals surface area contributed by atoms with Crippen LogP contribution in [0.15, 0.2) is 30.3 Å². The molecular weight excluding hydrogens is 434 g/mol. The van der Waals surface area contributed by atoms with Crippen molar-refractivity contribution in [1.29, 1.82) is 0 Å². The number of methoxy groups -OCH3 is 1. The van der Waals surface area contributed by atoms with E-state index in [-0.39, 0.29) is 36.6 Å². The molecule has 0 bridgehead atoms. The normalized spacial score (nSPS) is 20.9. The molecule has 1 atom stereocenters. The van der Waals surface area contributed by atoms with Crippen LogP contribution in [0.4, 0.5) is 0 Å². The lowest BCUT2D eigenvalue weighted by atomic mass is 9.95. The van der Waals surface area contributed by atoms with Gasteiger partial charge in [0, 0.05) is 31.3 Å². The summed E-state index contributed by atoms with van der Waals surface area (Å²) in [6.45, 7) is 2.20. The number of benzene rings is 1. The number of nitrogens with one attached hydrogen (secondary N) is 2. The zero-order valence-corrected chi connectivity index (χ0v) is 20.1. The second-order valence-electron chi connectivity index (χ2n) is 9.37. The van der Waals surface area contributed by atoms with E-state index in [9.17, 15) is 14.4 Å². The van der Waals surface area contributed by atoms with Crippen molar-refractivity contribution in [2.24, 2.45) is 0 Å². The Morgan fingerprint density at radius 1 is 1.18 bits per heavy atom. The molecule has 2 heterocycles. The van der Waals surface area contributed by atoms with Crippen molar-refractivity contribution in [3.05, 3.63) is 47.3 Å². The van der Waals surface area contributed by atoms with Crippen molar-refractivity contribution in [3.8, 4) is 5.75 Å². The highest BCUT2D eigenvalue weighted by atomic mass is 16.5. The number of carbonyl (C=O) groups excluding carboxylic acids is 3. The summed E-state index contributed by atoms with van der Waals surface area (Å²) in [7, 11) is 3.21. The first-order valence-electron chi connectivity index (χ1n) is 11.9. The number of carbonyl (C=O) groups is 3. The molecule has 34 heavy (non-hydrogen) atoms. The summed E-state index contributed by atoms with van der Waals surface area (Å²) >= 11 is 0. The Hall–Kier alpha value is -3.36. The number of aromatic nitrogens is 2. The molecule has 3 amide bonds. The predicted octanol–water partition coefficient (Wildman–Crippen LogP) is 2.50. The zero-order valence-electron chi connectivity index (χ0n) is 20.1. The SMILES string of the molecule is COc1ccccc1CNC(=O)c1cc2n(n1)CC(C)(C(=O)NC1CCCCCC1)N(C)C2=O. The van der Waals surface area contributed by atoms with E-state index in [1.54, 1.807) is 21.1 Å². The summed E-state index contributed by atoms with van der Waals surface area (Å²) in [6.07, 6.45) is 6.52. The second kappa shape index (κ2) is 9.87. The van der Waals surface area contributed by atoms with Crippen LogP contribution in [0.3, 0.4) is 0 Å². The predicted molar refractivity (Wildman–Crippen MR) is 127 cm³/mol. The molecule has 0 spiro atoms. The third-order valence-corrected chi connectivity index (χ3v) is 7.05. The fourth-order valence-electron chi connectivity index (χ4n) is 4.72. The summed E-state index contributed by atoms with van der Waals surface area (Å²) in [4.78, 5) is 40.7. The summed E-state index contributed by atoms with van der Waals surface area (Å²) in [5.41, 5.74) is 0.179. The van der Waals surface area contributed by atoms with Gasteiger partial charge in [0.2, 0.25) is 5.91 Å². The number of hydrogen-bond donors (Lipinski definition) is 2. The van der Waals surface area contributed by atoms with E-state index in [1.165, 1.54) is 28.5 Å². The Bertz CT molecular complexity index is 1070.